The highest BCUT2D eigenvalue weighted by atomic mass is 79.9. The lowest BCUT2D eigenvalue weighted by atomic mass is 10.5. The van der Waals surface area contributed by atoms with Crippen LogP contribution in [-0.2, 0) is 7.05 Å². The number of nitrogens with zero attached hydrogens (tertiary/aromatic N) is 5. The molecule has 9 heteroatoms. The quantitative estimate of drug-likeness (QED) is 0.668. The van der Waals surface area contributed by atoms with Crippen LogP contribution in [0.25, 0.3) is 5.52 Å². The third-order valence-electron chi connectivity index (χ3n) is 2.97. The second kappa shape index (κ2) is 6.22. The maximum atomic E-state index is 9.59. The molecule has 0 spiro atoms. The van der Waals surface area contributed by atoms with Gasteiger partial charge in [-0.05, 0) is 15.9 Å². The number of rotatable bonds is 6. The summed E-state index contributed by atoms with van der Waals surface area (Å²) in [7, 11) is 1.81. The van der Waals surface area contributed by atoms with Crippen LogP contribution in [0.3, 0.4) is 0 Å². The lowest BCUT2D eigenvalue weighted by Gasteiger charge is -2.07. The third kappa shape index (κ3) is 2.98. The van der Waals surface area contributed by atoms with Crippen LogP contribution in [0.1, 0.15) is 6.42 Å². The molecule has 0 radical (unpaired) electrons. The van der Waals surface area contributed by atoms with E-state index >= 15 is 0 Å². The predicted octanol–water partition coefficient (Wildman–Crippen LogP) is 1.78. The highest BCUT2D eigenvalue weighted by molar-refractivity contribution is 9.10. The average molecular weight is 368 g/mol. The summed E-state index contributed by atoms with van der Waals surface area (Å²) in [5.74, 6) is 1.04. The van der Waals surface area contributed by atoms with Crippen molar-refractivity contribution in [2.24, 2.45) is 7.05 Å². The highest BCUT2D eigenvalue weighted by Gasteiger charge is 2.08. The van der Waals surface area contributed by atoms with Gasteiger partial charge in [0.1, 0.15) is 5.52 Å². The Morgan fingerprint density at radius 3 is 2.86 bits per heavy atom. The molecule has 0 atom stereocenters. The number of aromatic hydroxyl groups is 1. The van der Waals surface area contributed by atoms with Gasteiger partial charge in [-0.2, -0.15) is 5.10 Å². The van der Waals surface area contributed by atoms with Crippen molar-refractivity contribution in [2.45, 2.75) is 6.42 Å². The van der Waals surface area contributed by atoms with Crippen LogP contribution in [0.15, 0.2) is 29.1 Å². The molecule has 0 saturated heterocycles. The third-order valence-corrected chi connectivity index (χ3v) is 3.51. The van der Waals surface area contributed by atoms with E-state index in [1.54, 1.807) is 23.1 Å². The van der Waals surface area contributed by atoms with Crippen molar-refractivity contribution in [3.63, 3.8) is 0 Å². The summed E-state index contributed by atoms with van der Waals surface area (Å²) < 4.78 is 15.2. The number of fused-ring (bicyclic) bond motifs is 1. The Hall–Kier alpha value is -2.29. The van der Waals surface area contributed by atoms with E-state index in [0.29, 0.717) is 36.9 Å². The number of ether oxygens (including phenoxy) is 2. The minimum atomic E-state index is -0.0748. The van der Waals surface area contributed by atoms with Crippen LogP contribution in [0.2, 0.25) is 0 Å². The molecule has 3 rings (SSSR count). The second-order valence-corrected chi connectivity index (χ2v) is 5.39. The highest BCUT2D eigenvalue weighted by Crippen LogP contribution is 2.23. The van der Waals surface area contributed by atoms with Crippen LogP contribution in [0, 0.1) is 0 Å². The van der Waals surface area contributed by atoms with E-state index in [-0.39, 0.29) is 5.88 Å². The van der Waals surface area contributed by atoms with E-state index in [1.165, 1.54) is 10.7 Å². The summed E-state index contributed by atoms with van der Waals surface area (Å²) in [6, 6.07) is 1.64. The molecule has 3 aromatic rings. The minimum absolute atomic E-state index is 0.0748. The summed E-state index contributed by atoms with van der Waals surface area (Å²) in [4.78, 5) is 3.78. The molecule has 22 heavy (non-hydrogen) atoms. The van der Waals surface area contributed by atoms with Gasteiger partial charge in [-0.3, -0.25) is 0 Å². The Morgan fingerprint density at radius 2 is 2.14 bits per heavy atom. The first kappa shape index (κ1) is 14.6. The van der Waals surface area contributed by atoms with Crippen LogP contribution < -0.4 is 9.47 Å². The minimum Gasteiger partial charge on any atom is -0.492 e. The average Bonchev–Trinajstić information content (AvgIpc) is 3.05. The molecule has 0 unspecified atom stereocenters. The molecule has 1 N–H and O–H groups in total. The molecule has 3 heterocycles. The van der Waals surface area contributed by atoms with Gasteiger partial charge >= 0.3 is 0 Å². The molecule has 8 nitrogen and oxygen atoms in total. The van der Waals surface area contributed by atoms with Crippen molar-refractivity contribution in [3.05, 3.63) is 29.1 Å². The summed E-state index contributed by atoms with van der Waals surface area (Å²) >= 11 is 3.37. The molecular weight excluding hydrogens is 354 g/mol. The zero-order chi connectivity index (χ0) is 15.5. The zero-order valence-corrected chi connectivity index (χ0v) is 13.4. The van der Waals surface area contributed by atoms with Gasteiger partial charge in [0.05, 0.1) is 23.9 Å². The maximum Gasteiger partial charge on any atom is 0.237 e. The van der Waals surface area contributed by atoms with E-state index in [0.717, 1.165) is 4.47 Å². The molecule has 0 aliphatic heterocycles. The van der Waals surface area contributed by atoms with E-state index in [1.807, 2.05) is 7.05 Å². The van der Waals surface area contributed by atoms with Crippen molar-refractivity contribution >= 4 is 21.4 Å². The Balaban J connectivity index is 1.49. The molecule has 0 bridgehead atoms. The SMILES string of the molecule is Cn1ncc(Br)c1OCCCOc1cc2c(O)nccn2n1. The number of hydrogen-bond acceptors (Lipinski definition) is 6. The number of hydrogen-bond donors (Lipinski definition) is 1. The van der Waals surface area contributed by atoms with E-state index < -0.39 is 0 Å². The summed E-state index contributed by atoms with van der Waals surface area (Å²) in [6.45, 7) is 0.950. The van der Waals surface area contributed by atoms with Crippen molar-refractivity contribution < 1.29 is 14.6 Å². The zero-order valence-electron chi connectivity index (χ0n) is 11.8. The number of aryl methyl sites for hydroxylation is 1. The first-order valence-corrected chi connectivity index (χ1v) is 7.41. The molecule has 3 aromatic heterocycles. The Kier molecular flexibility index (Phi) is 4.14. The molecule has 0 aromatic carbocycles. The van der Waals surface area contributed by atoms with Crippen LogP contribution in [-0.4, -0.2) is 42.7 Å². The number of aromatic nitrogens is 5. The van der Waals surface area contributed by atoms with Gasteiger partial charge in [-0.1, -0.05) is 0 Å². The van der Waals surface area contributed by atoms with Gasteiger partial charge in [0.25, 0.3) is 0 Å². The standard InChI is InChI=1S/C13H14BrN5O3/c1-18-13(9(14)8-16-18)22-6-2-5-21-11-7-10-12(20)15-3-4-19(10)17-11/h3-4,7-8H,2,5-6H2,1H3,(H,15,20). The van der Waals surface area contributed by atoms with Crippen molar-refractivity contribution in [2.75, 3.05) is 13.2 Å². The molecule has 0 aliphatic carbocycles. The van der Waals surface area contributed by atoms with Crippen LogP contribution in [0.4, 0.5) is 0 Å². The van der Waals surface area contributed by atoms with Gasteiger partial charge < -0.3 is 14.6 Å². The van der Waals surface area contributed by atoms with Gasteiger partial charge in [-0.25, -0.2) is 14.2 Å². The Bertz CT molecular complexity index is 766. The first-order chi connectivity index (χ1) is 10.6. The fourth-order valence-corrected chi connectivity index (χ4v) is 2.39. The lowest BCUT2D eigenvalue weighted by molar-refractivity contribution is 0.230. The van der Waals surface area contributed by atoms with Gasteiger partial charge in [0, 0.05) is 31.9 Å². The Labute approximate surface area is 134 Å². The summed E-state index contributed by atoms with van der Waals surface area (Å²) in [5, 5.41) is 17.8. The van der Waals surface area contributed by atoms with Crippen molar-refractivity contribution in [1.82, 2.24) is 24.4 Å². The van der Waals surface area contributed by atoms with Crippen molar-refractivity contribution in [1.29, 1.82) is 0 Å². The van der Waals surface area contributed by atoms with E-state index in [9.17, 15) is 5.11 Å². The van der Waals surface area contributed by atoms with Crippen LogP contribution in [0.5, 0.6) is 17.6 Å². The Morgan fingerprint density at radius 1 is 1.32 bits per heavy atom. The van der Waals surface area contributed by atoms with E-state index in [4.69, 9.17) is 9.47 Å². The van der Waals surface area contributed by atoms with Gasteiger partial charge in [-0.15, -0.1) is 5.10 Å². The smallest absolute Gasteiger partial charge is 0.237 e. The molecule has 0 aliphatic rings. The topological polar surface area (TPSA) is 86.7 Å². The summed E-state index contributed by atoms with van der Waals surface area (Å²) in [6.07, 6.45) is 5.49. The monoisotopic (exact) mass is 367 g/mol. The largest absolute Gasteiger partial charge is 0.492 e. The fraction of sp³-hybridized carbons (Fsp3) is 0.308. The first-order valence-electron chi connectivity index (χ1n) is 6.61. The molecule has 116 valence electrons. The molecular formula is C13H14BrN5O3. The van der Waals surface area contributed by atoms with Gasteiger partial charge in [0.15, 0.2) is 0 Å². The van der Waals surface area contributed by atoms with Crippen molar-refractivity contribution in [3.8, 4) is 17.6 Å². The van der Waals surface area contributed by atoms with Crippen LogP contribution >= 0.6 is 15.9 Å². The number of halogens is 1. The fourth-order valence-electron chi connectivity index (χ4n) is 1.92. The lowest BCUT2D eigenvalue weighted by Crippen LogP contribution is -2.07. The molecule has 0 fully saturated rings. The van der Waals surface area contributed by atoms with E-state index in [2.05, 4.69) is 31.1 Å². The maximum absolute atomic E-state index is 9.59. The summed E-state index contributed by atoms with van der Waals surface area (Å²) in [5.41, 5.74) is 0.507. The normalized spacial score (nSPS) is 11.0. The second-order valence-electron chi connectivity index (χ2n) is 4.53. The molecule has 0 amide bonds. The molecule has 0 saturated carbocycles. The predicted molar refractivity (Wildman–Crippen MR) is 81.2 cm³/mol. The van der Waals surface area contributed by atoms with Gasteiger partial charge in [0.2, 0.25) is 17.6 Å².